The van der Waals surface area contributed by atoms with Gasteiger partial charge in [-0.15, -0.1) is 0 Å². The van der Waals surface area contributed by atoms with Crippen LogP contribution in [0.5, 0.6) is 0 Å². The number of nitrogens with one attached hydrogen (secondary N) is 1. The van der Waals surface area contributed by atoms with Crippen molar-refractivity contribution in [3.63, 3.8) is 0 Å². The molecule has 0 saturated carbocycles. The van der Waals surface area contributed by atoms with Crippen molar-refractivity contribution in [1.29, 1.82) is 0 Å². The number of nitrogens with zero attached hydrogens (tertiary/aromatic N) is 5. The number of amides is 1. The lowest BCUT2D eigenvalue weighted by Crippen LogP contribution is -2.35. The Morgan fingerprint density at radius 2 is 2.17 bits per heavy atom. The van der Waals surface area contributed by atoms with Crippen molar-refractivity contribution in [2.45, 2.75) is 38.2 Å². The van der Waals surface area contributed by atoms with E-state index in [0.717, 1.165) is 5.69 Å². The van der Waals surface area contributed by atoms with Crippen LogP contribution in [0.1, 0.15) is 49.1 Å². The summed E-state index contributed by atoms with van der Waals surface area (Å²) in [6.45, 7) is 6.85. The van der Waals surface area contributed by atoms with Crippen LogP contribution in [0.3, 0.4) is 0 Å². The highest BCUT2D eigenvalue weighted by molar-refractivity contribution is 5.93. The molecule has 1 aliphatic rings. The van der Waals surface area contributed by atoms with Crippen LogP contribution in [0.4, 0.5) is 0 Å². The first-order chi connectivity index (χ1) is 10.7. The monoisotopic (exact) mass is 318 g/mol. The Hall–Kier alpha value is -2.22. The Labute approximate surface area is 134 Å². The standard InChI is InChI=1S/C15H22N6O2/c1-14(2,3)11-7-10(20(4)18-11)13(22)21-6-5-15(23,9-21)12-8-16-19-17-12/h7-8,23H,5-6,9H2,1-4H3,(H,16,17,19). The van der Waals surface area contributed by atoms with Crippen molar-refractivity contribution in [2.75, 3.05) is 13.1 Å². The van der Waals surface area contributed by atoms with Gasteiger partial charge in [0.2, 0.25) is 0 Å². The normalized spacial score (nSPS) is 21.9. The lowest BCUT2D eigenvalue weighted by atomic mass is 9.92. The molecule has 1 saturated heterocycles. The van der Waals surface area contributed by atoms with Gasteiger partial charge in [0.05, 0.1) is 18.4 Å². The smallest absolute Gasteiger partial charge is 0.272 e. The molecule has 2 aromatic rings. The topological polar surface area (TPSA) is 99.9 Å². The first-order valence-electron chi connectivity index (χ1n) is 7.63. The summed E-state index contributed by atoms with van der Waals surface area (Å²) in [5.74, 6) is -0.130. The number of aryl methyl sites for hydroxylation is 1. The summed E-state index contributed by atoms with van der Waals surface area (Å²) in [5, 5.41) is 25.3. The summed E-state index contributed by atoms with van der Waals surface area (Å²) in [6, 6.07) is 1.83. The summed E-state index contributed by atoms with van der Waals surface area (Å²) in [5.41, 5.74) is 0.596. The van der Waals surface area contributed by atoms with Crippen molar-refractivity contribution >= 4 is 5.91 Å². The van der Waals surface area contributed by atoms with Crippen LogP contribution in [0, 0.1) is 0 Å². The van der Waals surface area contributed by atoms with Gasteiger partial charge < -0.3 is 10.0 Å². The molecule has 124 valence electrons. The summed E-state index contributed by atoms with van der Waals surface area (Å²) in [6.07, 6.45) is 1.94. The quantitative estimate of drug-likeness (QED) is 0.843. The number of likely N-dealkylation sites (tertiary alicyclic amines) is 1. The van der Waals surface area contributed by atoms with Crippen molar-refractivity contribution < 1.29 is 9.90 Å². The first kappa shape index (κ1) is 15.7. The summed E-state index contributed by atoms with van der Waals surface area (Å²) >= 11 is 0. The number of aromatic amines is 1. The minimum atomic E-state index is -1.14. The van der Waals surface area contributed by atoms with Gasteiger partial charge in [-0.2, -0.15) is 20.5 Å². The van der Waals surface area contributed by atoms with E-state index >= 15 is 0 Å². The third kappa shape index (κ3) is 2.74. The molecule has 0 radical (unpaired) electrons. The fraction of sp³-hybridized carbons (Fsp3) is 0.600. The highest BCUT2D eigenvalue weighted by atomic mass is 16.3. The van der Waals surface area contributed by atoms with E-state index in [0.29, 0.717) is 24.4 Å². The molecule has 23 heavy (non-hydrogen) atoms. The van der Waals surface area contributed by atoms with Crippen molar-refractivity contribution in [1.82, 2.24) is 30.1 Å². The van der Waals surface area contributed by atoms with Gasteiger partial charge in [-0.3, -0.25) is 9.48 Å². The third-order valence-electron chi connectivity index (χ3n) is 4.29. The number of aromatic nitrogens is 5. The molecule has 8 heteroatoms. The van der Waals surface area contributed by atoms with Gasteiger partial charge in [0.15, 0.2) is 0 Å². The Kier molecular flexibility index (Phi) is 3.51. The second kappa shape index (κ2) is 5.16. The number of H-pyrrole nitrogens is 1. The fourth-order valence-corrected chi connectivity index (χ4v) is 2.80. The van der Waals surface area contributed by atoms with Crippen LogP contribution in [0.2, 0.25) is 0 Å². The molecule has 3 heterocycles. The zero-order valence-corrected chi connectivity index (χ0v) is 13.9. The Balaban J connectivity index is 1.81. The van der Waals surface area contributed by atoms with Crippen LogP contribution in [-0.2, 0) is 18.1 Å². The third-order valence-corrected chi connectivity index (χ3v) is 4.29. The SMILES string of the molecule is Cn1nc(C(C)(C)C)cc1C(=O)N1CCC(O)(c2cn[nH]n2)C1. The van der Waals surface area contributed by atoms with E-state index in [1.54, 1.807) is 16.6 Å². The van der Waals surface area contributed by atoms with E-state index in [1.807, 2.05) is 6.07 Å². The van der Waals surface area contributed by atoms with Crippen LogP contribution in [-0.4, -0.2) is 54.2 Å². The molecule has 8 nitrogen and oxygen atoms in total. The number of hydrogen-bond acceptors (Lipinski definition) is 5. The average molecular weight is 318 g/mol. The minimum absolute atomic E-state index is 0.122. The Bertz CT molecular complexity index is 715. The molecular weight excluding hydrogens is 296 g/mol. The average Bonchev–Trinajstić information content (AvgIpc) is 3.16. The van der Waals surface area contributed by atoms with Crippen molar-refractivity contribution in [3.8, 4) is 0 Å². The van der Waals surface area contributed by atoms with Crippen molar-refractivity contribution in [2.24, 2.45) is 7.05 Å². The van der Waals surface area contributed by atoms with Gasteiger partial charge in [-0.25, -0.2) is 0 Å². The second-order valence-corrected chi connectivity index (χ2v) is 7.15. The van der Waals surface area contributed by atoms with Crippen LogP contribution in [0.15, 0.2) is 12.3 Å². The predicted octanol–water partition coefficient (Wildman–Crippen LogP) is 0.569. The maximum atomic E-state index is 12.8. The number of carbonyl (C=O) groups is 1. The molecule has 0 aromatic carbocycles. The lowest BCUT2D eigenvalue weighted by molar-refractivity contribution is 0.0379. The number of hydrogen-bond donors (Lipinski definition) is 2. The molecule has 2 aromatic heterocycles. The van der Waals surface area contributed by atoms with Crippen LogP contribution in [0.25, 0.3) is 0 Å². The molecule has 2 N–H and O–H groups in total. The lowest BCUT2D eigenvalue weighted by Gasteiger charge is -2.21. The zero-order valence-electron chi connectivity index (χ0n) is 13.9. The molecule has 1 amide bonds. The summed E-state index contributed by atoms with van der Waals surface area (Å²) in [4.78, 5) is 14.4. The molecule has 3 rings (SSSR count). The van der Waals surface area contributed by atoms with E-state index in [2.05, 4.69) is 41.3 Å². The van der Waals surface area contributed by atoms with E-state index in [9.17, 15) is 9.90 Å². The van der Waals surface area contributed by atoms with Crippen molar-refractivity contribution in [3.05, 3.63) is 29.3 Å². The van der Waals surface area contributed by atoms with E-state index in [1.165, 1.54) is 6.20 Å². The van der Waals surface area contributed by atoms with Gasteiger partial charge >= 0.3 is 0 Å². The molecule has 0 spiro atoms. The highest BCUT2D eigenvalue weighted by Gasteiger charge is 2.42. The Morgan fingerprint density at radius 1 is 1.43 bits per heavy atom. The predicted molar refractivity (Wildman–Crippen MR) is 82.7 cm³/mol. The van der Waals surface area contributed by atoms with Gasteiger partial charge in [0, 0.05) is 25.4 Å². The van der Waals surface area contributed by atoms with Gasteiger partial charge in [0.25, 0.3) is 5.91 Å². The van der Waals surface area contributed by atoms with Crippen LogP contribution < -0.4 is 0 Å². The van der Waals surface area contributed by atoms with E-state index in [4.69, 9.17) is 0 Å². The number of aliphatic hydroxyl groups is 1. The Morgan fingerprint density at radius 3 is 2.74 bits per heavy atom. The number of β-amino-alcohol motifs (C(OH)–C–C–N with tert-alkyl or cyclic N) is 1. The molecule has 0 bridgehead atoms. The van der Waals surface area contributed by atoms with Gasteiger partial charge in [-0.05, 0) is 6.07 Å². The minimum Gasteiger partial charge on any atom is -0.381 e. The second-order valence-electron chi connectivity index (χ2n) is 7.15. The maximum Gasteiger partial charge on any atom is 0.272 e. The number of carbonyl (C=O) groups excluding carboxylic acids is 1. The highest BCUT2D eigenvalue weighted by Crippen LogP contribution is 2.31. The largest absolute Gasteiger partial charge is 0.381 e. The maximum absolute atomic E-state index is 12.8. The molecule has 0 aliphatic carbocycles. The van der Waals surface area contributed by atoms with E-state index < -0.39 is 5.60 Å². The molecule has 1 aliphatic heterocycles. The van der Waals surface area contributed by atoms with Gasteiger partial charge in [0.1, 0.15) is 17.0 Å². The van der Waals surface area contributed by atoms with E-state index in [-0.39, 0.29) is 17.9 Å². The number of rotatable bonds is 2. The molecular formula is C15H22N6O2. The molecule has 1 unspecified atom stereocenters. The fourth-order valence-electron chi connectivity index (χ4n) is 2.80. The zero-order chi connectivity index (χ0) is 16.8. The molecule has 1 atom stereocenters. The van der Waals surface area contributed by atoms with Crippen LogP contribution >= 0.6 is 0 Å². The molecule has 1 fully saturated rings. The summed E-state index contributed by atoms with van der Waals surface area (Å²) in [7, 11) is 1.77. The van der Waals surface area contributed by atoms with Gasteiger partial charge in [-0.1, -0.05) is 20.8 Å². The first-order valence-corrected chi connectivity index (χ1v) is 7.63. The summed E-state index contributed by atoms with van der Waals surface area (Å²) < 4.78 is 1.61.